The molecule has 0 aliphatic heterocycles. The first-order chi connectivity index (χ1) is 7.09. The predicted molar refractivity (Wildman–Crippen MR) is 66.7 cm³/mol. The monoisotopic (exact) mass is 282 g/mol. The van der Waals surface area contributed by atoms with Crippen molar-refractivity contribution in [2.24, 2.45) is 0 Å². The fraction of sp³-hybridized carbons (Fsp3) is 0.0833. The second-order valence-corrected chi connectivity index (χ2v) is 4.58. The van der Waals surface area contributed by atoms with E-state index in [-0.39, 0.29) is 5.78 Å². The zero-order chi connectivity index (χ0) is 11.0. The fourth-order valence-electron chi connectivity index (χ4n) is 1.53. The highest BCUT2D eigenvalue weighted by Gasteiger charge is 2.08. The third-order valence-electron chi connectivity index (χ3n) is 2.30. The number of carbonyl (C=O) groups is 1. The summed E-state index contributed by atoms with van der Waals surface area (Å²) in [5.41, 5.74) is 0.685. The molecule has 0 aliphatic carbocycles. The van der Waals surface area contributed by atoms with Crippen molar-refractivity contribution in [2.75, 3.05) is 0 Å². The number of halogens is 2. The van der Waals surface area contributed by atoms with Gasteiger partial charge in [0.1, 0.15) is 0 Å². The molecule has 0 amide bonds. The van der Waals surface area contributed by atoms with Crippen LogP contribution in [0, 0.1) is 0 Å². The van der Waals surface area contributed by atoms with Crippen LogP contribution in [0.25, 0.3) is 10.8 Å². The van der Waals surface area contributed by atoms with E-state index in [0.29, 0.717) is 10.6 Å². The molecule has 76 valence electrons. The van der Waals surface area contributed by atoms with Crippen molar-refractivity contribution >= 4 is 44.1 Å². The largest absolute Gasteiger partial charge is 0.294 e. The zero-order valence-corrected chi connectivity index (χ0v) is 10.4. The first-order valence-corrected chi connectivity index (χ1v) is 5.65. The molecular formula is C12H8BrClO. The molecule has 0 N–H and O–H groups in total. The quantitative estimate of drug-likeness (QED) is 0.706. The lowest BCUT2D eigenvalue weighted by Gasteiger charge is -2.05. The number of fused-ring (bicyclic) bond motifs is 1. The Bertz CT molecular complexity index is 549. The molecule has 0 unspecified atom stereocenters. The summed E-state index contributed by atoms with van der Waals surface area (Å²) >= 11 is 9.35. The Labute approximate surface area is 101 Å². The lowest BCUT2D eigenvalue weighted by Crippen LogP contribution is -1.93. The smallest absolute Gasteiger partial charge is 0.160 e. The Hall–Kier alpha value is -0.860. The summed E-state index contributed by atoms with van der Waals surface area (Å²) in [4.78, 5) is 11.3. The fourth-order valence-corrected chi connectivity index (χ4v) is 2.45. The van der Waals surface area contributed by atoms with Gasteiger partial charge in [-0.15, -0.1) is 0 Å². The van der Waals surface area contributed by atoms with Crippen LogP contribution in [0.4, 0.5) is 0 Å². The van der Waals surface area contributed by atoms with Gasteiger partial charge in [0.15, 0.2) is 5.78 Å². The van der Waals surface area contributed by atoms with Gasteiger partial charge in [0, 0.05) is 15.1 Å². The van der Waals surface area contributed by atoms with Crippen molar-refractivity contribution in [2.45, 2.75) is 6.92 Å². The Morgan fingerprint density at radius 1 is 1.27 bits per heavy atom. The number of hydrogen-bond donors (Lipinski definition) is 0. The number of rotatable bonds is 1. The summed E-state index contributed by atoms with van der Waals surface area (Å²) in [6.07, 6.45) is 0. The van der Waals surface area contributed by atoms with E-state index in [0.717, 1.165) is 15.2 Å². The van der Waals surface area contributed by atoms with Crippen LogP contribution in [0.2, 0.25) is 5.02 Å². The predicted octanol–water partition coefficient (Wildman–Crippen LogP) is 4.46. The first-order valence-electron chi connectivity index (χ1n) is 4.48. The summed E-state index contributed by atoms with van der Waals surface area (Å²) in [5.74, 6) is 0.0451. The molecule has 0 bridgehead atoms. The molecule has 0 aromatic heterocycles. The van der Waals surface area contributed by atoms with Gasteiger partial charge in [0.25, 0.3) is 0 Å². The second-order valence-electron chi connectivity index (χ2n) is 3.35. The van der Waals surface area contributed by atoms with Gasteiger partial charge in [-0.25, -0.2) is 0 Å². The molecule has 0 saturated carbocycles. The molecule has 0 aliphatic rings. The standard InChI is InChI=1S/C12H8BrClO/c1-7(15)10-5-3-8-2-4-9(14)6-11(8)12(10)13/h2-6H,1H3. The van der Waals surface area contributed by atoms with Crippen molar-refractivity contribution in [3.8, 4) is 0 Å². The maximum Gasteiger partial charge on any atom is 0.160 e. The molecule has 2 aromatic rings. The van der Waals surface area contributed by atoms with E-state index in [1.807, 2.05) is 30.3 Å². The van der Waals surface area contributed by atoms with Crippen LogP contribution in [-0.4, -0.2) is 5.78 Å². The van der Waals surface area contributed by atoms with Crippen LogP contribution in [-0.2, 0) is 0 Å². The van der Waals surface area contributed by atoms with Crippen LogP contribution in [0.5, 0.6) is 0 Å². The van der Waals surface area contributed by atoms with E-state index in [1.54, 1.807) is 6.92 Å². The highest BCUT2D eigenvalue weighted by atomic mass is 79.9. The molecule has 0 saturated heterocycles. The van der Waals surface area contributed by atoms with E-state index in [2.05, 4.69) is 15.9 Å². The molecule has 3 heteroatoms. The molecule has 0 fully saturated rings. The van der Waals surface area contributed by atoms with E-state index in [9.17, 15) is 4.79 Å². The highest BCUT2D eigenvalue weighted by Crippen LogP contribution is 2.30. The minimum absolute atomic E-state index is 0.0451. The number of Topliss-reactive ketones (excluding diaryl/α,β-unsaturated/α-hetero) is 1. The molecule has 2 aromatic carbocycles. The number of hydrogen-bond acceptors (Lipinski definition) is 1. The van der Waals surface area contributed by atoms with Gasteiger partial charge in [0.2, 0.25) is 0 Å². The molecule has 0 radical (unpaired) electrons. The van der Waals surface area contributed by atoms with Crippen LogP contribution in [0.3, 0.4) is 0 Å². The van der Waals surface area contributed by atoms with Gasteiger partial charge in [-0.3, -0.25) is 4.79 Å². The van der Waals surface area contributed by atoms with Gasteiger partial charge in [-0.05, 0) is 51.8 Å². The van der Waals surface area contributed by atoms with Crippen molar-refractivity contribution in [3.63, 3.8) is 0 Å². The molecule has 0 heterocycles. The van der Waals surface area contributed by atoms with Gasteiger partial charge < -0.3 is 0 Å². The normalized spacial score (nSPS) is 10.6. The van der Waals surface area contributed by atoms with Crippen molar-refractivity contribution in [3.05, 3.63) is 45.4 Å². The van der Waals surface area contributed by atoms with Gasteiger partial charge in [-0.2, -0.15) is 0 Å². The van der Waals surface area contributed by atoms with Crippen LogP contribution in [0.15, 0.2) is 34.8 Å². The number of carbonyl (C=O) groups excluding carboxylic acids is 1. The summed E-state index contributed by atoms with van der Waals surface area (Å²) < 4.78 is 0.815. The lowest BCUT2D eigenvalue weighted by atomic mass is 10.1. The third-order valence-corrected chi connectivity index (χ3v) is 3.39. The summed E-state index contributed by atoms with van der Waals surface area (Å²) in [6.45, 7) is 1.55. The van der Waals surface area contributed by atoms with Gasteiger partial charge in [0.05, 0.1) is 0 Å². The SMILES string of the molecule is CC(=O)c1ccc2ccc(Cl)cc2c1Br. The number of benzene rings is 2. The molecule has 0 atom stereocenters. The van der Waals surface area contributed by atoms with Crippen molar-refractivity contribution < 1.29 is 4.79 Å². The maximum atomic E-state index is 11.3. The topological polar surface area (TPSA) is 17.1 Å². The Morgan fingerprint density at radius 3 is 2.60 bits per heavy atom. The van der Waals surface area contributed by atoms with E-state index in [4.69, 9.17) is 11.6 Å². The van der Waals surface area contributed by atoms with E-state index >= 15 is 0 Å². The van der Waals surface area contributed by atoms with Crippen molar-refractivity contribution in [1.29, 1.82) is 0 Å². The Kier molecular flexibility index (Phi) is 2.81. The van der Waals surface area contributed by atoms with Gasteiger partial charge in [-0.1, -0.05) is 23.7 Å². The third kappa shape index (κ3) is 1.92. The van der Waals surface area contributed by atoms with E-state index in [1.165, 1.54) is 0 Å². The second kappa shape index (κ2) is 3.95. The first kappa shape index (κ1) is 10.7. The minimum Gasteiger partial charge on any atom is -0.294 e. The zero-order valence-electron chi connectivity index (χ0n) is 8.05. The average Bonchev–Trinajstić information content (AvgIpc) is 2.19. The number of ketones is 1. The molecule has 2 rings (SSSR count). The highest BCUT2D eigenvalue weighted by molar-refractivity contribution is 9.10. The van der Waals surface area contributed by atoms with Crippen LogP contribution in [0.1, 0.15) is 17.3 Å². The average molecular weight is 284 g/mol. The summed E-state index contributed by atoms with van der Waals surface area (Å²) in [5, 5.41) is 2.70. The molecule has 1 nitrogen and oxygen atoms in total. The molecule has 15 heavy (non-hydrogen) atoms. The van der Waals surface area contributed by atoms with Crippen LogP contribution < -0.4 is 0 Å². The lowest BCUT2D eigenvalue weighted by molar-refractivity contribution is 0.101. The summed E-state index contributed by atoms with van der Waals surface area (Å²) in [6, 6.07) is 9.37. The van der Waals surface area contributed by atoms with Crippen molar-refractivity contribution in [1.82, 2.24) is 0 Å². The summed E-state index contributed by atoms with van der Waals surface area (Å²) in [7, 11) is 0. The Morgan fingerprint density at radius 2 is 1.93 bits per heavy atom. The maximum absolute atomic E-state index is 11.3. The Balaban J connectivity index is 2.82. The van der Waals surface area contributed by atoms with Crippen LogP contribution >= 0.6 is 27.5 Å². The van der Waals surface area contributed by atoms with Gasteiger partial charge >= 0.3 is 0 Å². The molecular weight excluding hydrogens is 275 g/mol. The van der Waals surface area contributed by atoms with E-state index < -0.39 is 0 Å². The molecule has 0 spiro atoms. The minimum atomic E-state index is 0.0451.